The molecule has 114 valence electrons. The van der Waals surface area contributed by atoms with Crippen LogP contribution >= 0.6 is 11.3 Å². The first-order valence-corrected chi connectivity index (χ1v) is 7.73. The van der Waals surface area contributed by atoms with Crippen molar-refractivity contribution in [1.29, 1.82) is 0 Å². The van der Waals surface area contributed by atoms with Crippen molar-refractivity contribution < 1.29 is 9.90 Å². The number of pyridine rings is 1. The van der Waals surface area contributed by atoms with Crippen LogP contribution in [0, 0.1) is 0 Å². The predicted molar refractivity (Wildman–Crippen MR) is 91.7 cm³/mol. The van der Waals surface area contributed by atoms with Gasteiger partial charge in [0.05, 0.1) is 5.69 Å². The summed E-state index contributed by atoms with van der Waals surface area (Å²) in [6.45, 7) is 0. The van der Waals surface area contributed by atoms with Crippen molar-refractivity contribution in [1.82, 2.24) is 9.97 Å². The van der Waals surface area contributed by atoms with Gasteiger partial charge < -0.3 is 10.4 Å². The summed E-state index contributed by atoms with van der Waals surface area (Å²) in [7, 11) is 0. The summed E-state index contributed by atoms with van der Waals surface area (Å²) in [6, 6.07) is 11.3. The smallest absolute Gasteiger partial charge is 0.328 e. The number of carbonyl (C=O) groups is 1. The average molecular weight is 323 g/mol. The molecule has 0 fully saturated rings. The number of nitrogens with one attached hydrogen (secondary N) is 1. The maximum Gasteiger partial charge on any atom is 0.328 e. The summed E-state index contributed by atoms with van der Waals surface area (Å²) in [5, 5.41) is 14.6. The molecule has 2 aromatic heterocycles. The van der Waals surface area contributed by atoms with Crippen molar-refractivity contribution >= 4 is 34.2 Å². The van der Waals surface area contributed by atoms with E-state index >= 15 is 0 Å². The van der Waals surface area contributed by atoms with Crippen LogP contribution in [-0.2, 0) is 4.79 Å². The van der Waals surface area contributed by atoms with Crippen LogP contribution in [0.5, 0.6) is 0 Å². The number of anilines is 2. The highest BCUT2D eigenvalue weighted by Crippen LogP contribution is 2.26. The van der Waals surface area contributed by atoms with Crippen molar-refractivity contribution in [3.8, 4) is 11.3 Å². The molecule has 0 atom stereocenters. The third kappa shape index (κ3) is 4.02. The number of hydrogen-bond donors (Lipinski definition) is 2. The van der Waals surface area contributed by atoms with Gasteiger partial charge in [0.15, 0.2) is 5.13 Å². The highest BCUT2D eigenvalue weighted by Gasteiger charge is 2.04. The van der Waals surface area contributed by atoms with Gasteiger partial charge >= 0.3 is 5.97 Å². The molecule has 5 nitrogen and oxygen atoms in total. The van der Waals surface area contributed by atoms with Gasteiger partial charge in [0, 0.05) is 35.1 Å². The van der Waals surface area contributed by atoms with E-state index < -0.39 is 5.97 Å². The molecule has 6 heteroatoms. The number of aromatic nitrogens is 2. The third-order valence-corrected chi connectivity index (χ3v) is 3.80. The Balaban J connectivity index is 1.70. The molecule has 0 radical (unpaired) electrons. The zero-order valence-electron chi connectivity index (χ0n) is 12.0. The molecule has 0 unspecified atom stereocenters. The quantitative estimate of drug-likeness (QED) is 0.693. The summed E-state index contributed by atoms with van der Waals surface area (Å²) in [5.41, 5.74) is 3.58. The standard InChI is InChI=1S/C17H13N3O2S/c21-16(22)8-5-12-3-6-14(7-4-12)19-17-20-15(11-23-17)13-2-1-9-18-10-13/h1-11H,(H,19,20)(H,21,22)/b8-5+. The lowest BCUT2D eigenvalue weighted by atomic mass is 10.2. The van der Waals surface area contributed by atoms with Crippen molar-refractivity contribution in [3.63, 3.8) is 0 Å². The van der Waals surface area contributed by atoms with Gasteiger partial charge in [0.1, 0.15) is 0 Å². The molecule has 2 N–H and O–H groups in total. The Labute approximate surface area is 137 Å². The number of aliphatic carboxylic acids is 1. The Hall–Kier alpha value is -2.99. The molecule has 0 spiro atoms. The Morgan fingerprint density at radius 2 is 2.04 bits per heavy atom. The average Bonchev–Trinajstić information content (AvgIpc) is 3.03. The number of rotatable bonds is 5. The molecule has 1 aromatic carbocycles. The summed E-state index contributed by atoms with van der Waals surface area (Å²) < 4.78 is 0. The molecule has 0 amide bonds. The first-order valence-electron chi connectivity index (χ1n) is 6.85. The largest absolute Gasteiger partial charge is 0.478 e. The van der Waals surface area contributed by atoms with E-state index in [1.807, 2.05) is 41.8 Å². The summed E-state index contributed by atoms with van der Waals surface area (Å²) in [6.07, 6.45) is 6.18. The van der Waals surface area contributed by atoms with E-state index in [2.05, 4.69) is 15.3 Å². The van der Waals surface area contributed by atoms with Crippen molar-refractivity contribution in [2.75, 3.05) is 5.32 Å². The number of carboxylic acids is 1. The van der Waals surface area contributed by atoms with Gasteiger partial charge in [-0.3, -0.25) is 4.98 Å². The van der Waals surface area contributed by atoms with Crippen molar-refractivity contribution in [2.24, 2.45) is 0 Å². The molecule has 0 saturated carbocycles. The highest BCUT2D eigenvalue weighted by molar-refractivity contribution is 7.14. The fraction of sp³-hybridized carbons (Fsp3) is 0. The highest BCUT2D eigenvalue weighted by atomic mass is 32.1. The zero-order chi connectivity index (χ0) is 16.1. The van der Waals surface area contributed by atoms with Crippen molar-refractivity contribution in [2.45, 2.75) is 0 Å². The van der Waals surface area contributed by atoms with Gasteiger partial charge in [-0.25, -0.2) is 9.78 Å². The third-order valence-electron chi connectivity index (χ3n) is 3.04. The molecule has 0 aliphatic heterocycles. The molecule has 2 heterocycles. The zero-order valence-corrected chi connectivity index (χ0v) is 12.8. The second kappa shape index (κ2) is 6.85. The second-order valence-electron chi connectivity index (χ2n) is 4.70. The summed E-state index contributed by atoms with van der Waals surface area (Å²) in [5.74, 6) is -0.960. The number of hydrogen-bond acceptors (Lipinski definition) is 5. The molecule has 0 bridgehead atoms. The number of nitrogens with zero attached hydrogens (tertiary/aromatic N) is 2. The van der Waals surface area contributed by atoms with E-state index in [4.69, 9.17) is 5.11 Å². The number of carboxylic acid groups (broad SMARTS) is 1. The van der Waals surface area contributed by atoms with Crippen LogP contribution in [0.3, 0.4) is 0 Å². The Morgan fingerprint density at radius 1 is 1.22 bits per heavy atom. The van der Waals surface area contributed by atoms with E-state index in [1.165, 1.54) is 11.3 Å². The fourth-order valence-electron chi connectivity index (χ4n) is 1.95. The van der Waals surface area contributed by atoms with Crippen LogP contribution in [0.2, 0.25) is 0 Å². The molecule has 0 aliphatic carbocycles. The normalized spacial score (nSPS) is 10.8. The Morgan fingerprint density at radius 3 is 2.74 bits per heavy atom. The minimum absolute atomic E-state index is 0.790. The fourth-order valence-corrected chi connectivity index (χ4v) is 2.69. The monoisotopic (exact) mass is 323 g/mol. The summed E-state index contributed by atoms with van der Waals surface area (Å²) >= 11 is 1.52. The first kappa shape index (κ1) is 14.9. The van der Waals surface area contributed by atoms with Crippen LogP contribution in [0.4, 0.5) is 10.8 Å². The van der Waals surface area contributed by atoms with E-state index in [1.54, 1.807) is 18.5 Å². The van der Waals surface area contributed by atoms with E-state index in [0.717, 1.165) is 33.7 Å². The molecular formula is C17H13N3O2S. The molecule has 23 heavy (non-hydrogen) atoms. The van der Waals surface area contributed by atoms with Crippen LogP contribution in [0.25, 0.3) is 17.3 Å². The first-order chi connectivity index (χ1) is 11.2. The Kier molecular flexibility index (Phi) is 4.44. The van der Waals surface area contributed by atoms with Crippen LogP contribution in [0.1, 0.15) is 5.56 Å². The number of thiazole rings is 1. The van der Waals surface area contributed by atoms with Gasteiger partial charge in [-0.15, -0.1) is 11.3 Å². The lowest BCUT2D eigenvalue weighted by Crippen LogP contribution is -1.90. The SMILES string of the molecule is O=C(O)/C=C/c1ccc(Nc2nc(-c3cccnc3)cs2)cc1. The lowest BCUT2D eigenvalue weighted by Gasteiger charge is -2.02. The topological polar surface area (TPSA) is 75.1 Å². The molecule has 3 aromatic rings. The molecule has 0 saturated heterocycles. The second-order valence-corrected chi connectivity index (χ2v) is 5.56. The maximum absolute atomic E-state index is 10.5. The Bertz CT molecular complexity index is 827. The predicted octanol–water partition coefficient (Wildman–Crippen LogP) is 4.05. The van der Waals surface area contributed by atoms with Crippen LogP contribution in [0.15, 0.2) is 60.2 Å². The van der Waals surface area contributed by atoms with Gasteiger partial charge in [-0.1, -0.05) is 12.1 Å². The van der Waals surface area contributed by atoms with Gasteiger partial charge in [0.25, 0.3) is 0 Å². The molecule has 0 aliphatic rings. The minimum Gasteiger partial charge on any atom is -0.478 e. The molecule has 3 rings (SSSR count). The van der Waals surface area contributed by atoms with Crippen LogP contribution in [-0.4, -0.2) is 21.0 Å². The summed E-state index contributed by atoms with van der Waals surface area (Å²) in [4.78, 5) is 19.1. The maximum atomic E-state index is 10.5. The van der Waals surface area contributed by atoms with Crippen LogP contribution < -0.4 is 5.32 Å². The van der Waals surface area contributed by atoms with Gasteiger partial charge in [0.2, 0.25) is 0 Å². The minimum atomic E-state index is -0.960. The lowest BCUT2D eigenvalue weighted by molar-refractivity contribution is -0.131. The van der Waals surface area contributed by atoms with Gasteiger partial charge in [-0.2, -0.15) is 0 Å². The van der Waals surface area contributed by atoms with Gasteiger partial charge in [-0.05, 0) is 35.9 Å². The van der Waals surface area contributed by atoms with E-state index in [0.29, 0.717) is 0 Å². The van der Waals surface area contributed by atoms with E-state index in [-0.39, 0.29) is 0 Å². The molecular weight excluding hydrogens is 310 g/mol. The van der Waals surface area contributed by atoms with Crippen molar-refractivity contribution in [3.05, 3.63) is 65.8 Å². The van der Waals surface area contributed by atoms with E-state index in [9.17, 15) is 4.79 Å². The number of benzene rings is 1.